The van der Waals surface area contributed by atoms with E-state index in [9.17, 15) is 18.0 Å². The van der Waals surface area contributed by atoms with Gasteiger partial charge in [-0.15, -0.1) is 13.2 Å². The largest absolute Gasteiger partial charge is 0.573 e. The van der Waals surface area contributed by atoms with Gasteiger partial charge in [-0.2, -0.15) is 0 Å². The van der Waals surface area contributed by atoms with Crippen molar-refractivity contribution < 1.29 is 22.7 Å². The summed E-state index contributed by atoms with van der Waals surface area (Å²) in [6, 6.07) is 9.37. The van der Waals surface area contributed by atoms with Gasteiger partial charge in [0, 0.05) is 25.2 Å². The molecule has 2 aromatic heterocycles. The summed E-state index contributed by atoms with van der Waals surface area (Å²) in [6.07, 6.45) is 2.85. The number of amides is 1. The van der Waals surface area contributed by atoms with Gasteiger partial charge in [0.25, 0.3) is 0 Å². The Labute approximate surface area is 218 Å². The summed E-state index contributed by atoms with van der Waals surface area (Å²) >= 11 is 0. The van der Waals surface area contributed by atoms with Crippen molar-refractivity contribution in [1.82, 2.24) is 19.9 Å². The van der Waals surface area contributed by atoms with Gasteiger partial charge in [0.1, 0.15) is 17.1 Å². The van der Waals surface area contributed by atoms with E-state index in [4.69, 9.17) is 9.97 Å². The number of fused-ring (bicyclic) bond motifs is 1. The Bertz CT molecular complexity index is 1310. The first-order valence-electron chi connectivity index (χ1n) is 12.7. The Hall–Kier alpha value is -3.73. The van der Waals surface area contributed by atoms with Crippen molar-refractivity contribution in [3.05, 3.63) is 53.7 Å². The number of carbonyl (C=O) groups excluding carboxylic acids is 1. The number of benzene rings is 1. The van der Waals surface area contributed by atoms with Crippen LogP contribution in [0, 0.1) is 6.92 Å². The van der Waals surface area contributed by atoms with Gasteiger partial charge in [-0.05, 0) is 81.6 Å². The molecule has 0 saturated carbocycles. The van der Waals surface area contributed by atoms with E-state index >= 15 is 0 Å². The maximum absolute atomic E-state index is 12.4. The number of rotatable bonds is 6. The second-order valence-corrected chi connectivity index (χ2v) is 9.57. The second kappa shape index (κ2) is 10.9. The van der Waals surface area contributed by atoms with Crippen molar-refractivity contribution in [2.24, 2.45) is 0 Å². The average molecular weight is 527 g/mol. The van der Waals surface area contributed by atoms with Crippen LogP contribution < -0.4 is 15.0 Å². The van der Waals surface area contributed by atoms with Crippen LogP contribution in [0.15, 0.2) is 42.5 Å². The van der Waals surface area contributed by atoms with Crippen LogP contribution in [0.4, 0.5) is 24.9 Å². The average Bonchev–Trinajstić information content (AvgIpc) is 3.43. The van der Waals surface area contributed by atoms with E-state index in [2.05, 4.69) is 24.8 Å². The molecule has 2 fully saturated rings. The molecular formula is C27H29F3N6O2. The fourth-order valence-electron chi connectivity index (χ4n) is 5.01. The van der Waals surface area contributed by atoms with Crippen LogP contribution in [0.1, 0.15) is 36.9 Å². The highest BCUT2D eigenvalue weighted by molar-refractivity contribution is 6.01. The lowest BCUT2D eigenvalue weighted by atomic mass is 10.0. The maximum Gasteiger partial charge on any atom is 0.573 e. The van der Waals surface area contributed by atoms with Gasteiger partial charge >= 0.3 is 6.36 Å². The Morgan fingerprint density at radius 3 is 2.39 bits per heavy atom. The highest BCUT2D eigenvalue weighted by Crippen LogP contribution is 2.26. The third kappa shape index (κ3) is 6.39. The molecule has 8 nitrogen and oxygen atoms in total. The quantitative estimate of drug-likeness (QED) is 0.455. The molecule has 0 atom stereocenters. The number of hydrogen-bond acceptors (Lipinski definition) is 7. The SMILES string of the molecule is Cc1nc(N2CCC(N3CCCC3)CC2)nc2ccc(NC(=O)C=Cc3ccc(OC(F)(F)F)cc3)nc12. The van der Waals surface area contributed by atoms with Crippen LogP contribution in [0.2, 0.25) is 0 Å². The number of nitrogens with one attached hydrogen (secondary N) is 1. The molecule has 1 aromatic carbocycles. The summed E-state index contributed by atoms with van der Waals surface area (Å²) in [7, 11) is 0. The summed E-state index contributed by atoms with van der Waals surface area (Å²) in [4.78, 5) is 31.2. The molecule has 38 heavy (non-hydrogen) atoms. The lowest BCUT2D eigenvalue weighted by Gasteiger charge is -2.36. The number of anilines is 2. The first kappa shape index (κ1) is 25.9. The van der Waals surface area contributed by atoms with E-state index in [0.717, 1.165) is 31.6 Å². The topological polar surface area (TPSA) is 83.5 Å². The molecular weight excluding hydrogens is 497 g/mol. The molecule has 2 saturated heterocycles. The van der Waals surface area contributed by atoms with Gasteiger partial charge in [0.05, 0.1) is 11.2 Å². The number of aryl methyl sites for hydroxylation is 1. The van der Waals surface area contributed by atoms with Gasteiger partial charge < -0.3 is 19.9 Å². The number of ether oxygens (including phenoxy) is 1. The molecule has 200 valence electrons. The Balaban J connectivity index is 1.20. The predicted molar refractivity (Wildman–Crippen MR) is 139 cm³/mol. The first-order valence-corrected chi connectivity index (χ1v) is 12.7. The Morgan fingerprint density at radius 1 is 1.00 bits per heavy atom. The molecule has 1 N–H and O–H groups in total. The number of pyridine rings is 1. The normalized spacial score (nSPS) is 17.4. The number of alkyl halides is 3. The number of nitrogens with zero attached hydrogens (tertiary/aromatic N) is 5. The fraction of sp³-hybridized carbons (Fsp3) is 0.407. The first-order chi connectivity index (χ1) is 18.2. The zero-order chi connectivity index (χ0) is 26.7. The van der Waals surface area contributed by atoms with Crippen molar-refractivity contribution in [2.45, 2.75) is 45.0 Å². The lowest BCUT2D eigenvalue weighted by Crippen LogP contribution is -2.44. The molecule has 2 aliphatic rings. The zero-order valence-electron chi connectivity index (χ0n) is 21.0. The highest BCUT2D eigenvalue weighted by atomic mass is 19.4. The van der Waals surface area contributed by atoms with Gasteiger partial charge in [0.2, 0.25) is 11.9 Å². The molecule has 0 unspecified atom stereocenters. The third-order valence-electron chi connectivity index (χ3n) is 6.90. The maximum atomic E-state index is 12.4. The molecule has 0 spiro atoms. The minimum absolute atomic E-state index is 0.327. The van der Waals surface area contributed by atoms with Crippen LogP contribution >= 0.6 is 0 Å². The van der Waals surface area contributed by atoms with E-state index in [1.165, 1.54) is 62.3 Å². The molecule has 0 aliphatic carbocycles. The number of hydrogen-bond donors (Lipinski definition) is 1. The number of likely N-dealkylation sites (tertiary alicyclic amines) is 1. The Morgan fingerprint density at radius 2 is 1.71 bits per heavy atom. The monoisotopic (exact) mass is 526 g/mol. The molecule has 1 amide bonds. The van der Waals surface area contributed by atoms with Crippen LogP contribution in [0.3, 0.4) is 0 Å². The standard InChI is InChI=1S/C27H29F3N6O2/c1-18-25-22(32-26(31-18)36-16-12-20(13-17-36)35-14-2-3-15-35)9-10-23(34-25)33-24(37)11-6-19-4-7-21(8-5-19)38-27(28,29)30/h4-11,20H,2-3,12-17H2,1H3,(H,33,34,37). The number of halogens is 3. The predicted octanol–water partition coefficient (Wildman–Crippen LogP) is 4.95. The van der Waals surface area contributed by atoms with Crippen LogP contribution in [-0.4, -0.2) is 64.3 Å². The fourth-order valence-corrected chi connectivity index (χ4v) is 5.01. The molecule has 3 aromatic rings. The van der Waals surface area contributed by atoms with Crippen molar-refractivity contribution in [1.29, 1.82) is 0 Å². The highest BCUT2D eigenvalue weighted by Gasteiger charge is 2.31. The van der Waals surface area contributed by atoms with Crippen LogP contribution in [0.25, 0.3) is 17.1 Å². The molecule has 2 aliphatic heterocycles. The number of piperidine rings is 1. The molecule has 0 radical (unpaired) electrons. The summed E-state index contributed by atoms with van der Waals surface area (Å²) in [5, 5.41) is 2.70. The summed E-state index contributed by atoms with van der Waals surface area (Å²) < 4.78 is 40.7. The zero-order valence-corrected chi connectivity index (χ0v) is 21.0. The summed E-state index contributed by atoms with van der Waals surface area (Å²) in [5.74, 6) is 0.310. The molecule has 11 heteroatoms. The molecule has 5 rings (SSSR count). The van der Waals surface area contributed by atoms with E-state index in [1.54, 1.807) is 6.07 Å². The molecule has 0 bridgehead atoms. The van der Waals surface area contributed by atoms with Crippen molar-refractivity contribution in [2.75, 3.05) is 36.4 Å². The van der Waals surface area contributed by atoms with E-state index in [0.29, 0.717) is 34.4 Å². The minimum atomic E-state index is -4.75. The van der Waals surface area contributed by atoms with Crippen molar-refractivity contribution in [3.8, 4) is 5.75 Å². The smallest absolute Gasteiger partial charge is 0.406 e. The minimum Gasteiger partial charge on any atom is -0.406 e. The van der Waals surface area contributed by atoms with Gasteiger partial charge in [-0.1, -0.05) is 12.1 Å². The van der Waals surface area contributed by atoms with Gasteiger partial charge in [0.15, 0.2) is 0 Å². The van der Waals surface area contributed by atoms with E-state index in [1.807, 2.05) is 13.0 Å². The Kier molecular flexibility index (Phi) is 7.46. The van der Waals surface area contributed by atoms with E-state index < -0.39 is 12.3 Å². The van der Waals surface area contributed by atoms with E-state index in [-0.39, 0.29) is 5.75 Å². The van der Waals surface area contributed by atoms with Gasteiger partial charge in [-0.25, -0.2) is 15.0 Å². The van der Waals surface area contributed by atoms with Crippen LogP contribution in [0.5, 0.6) is 5.75 Å². The number of aromatic nitrogens is 3. The lowest BCUT2D eigenvalue weighted by molar-refractivity contribution is -0.274. The number of carbonyl (C=O) groups is 1. The van der Waals surface area contributed by atoms with Crippen LogP contribution in [-0.2, 0) is 4.79 Å². The van der Waals surface area contributed by atoms with Gasteiger partial charge in [-0.3, -0.25) is 4.79 Å². The van der Waals surface area contributed by atoms with Crippen molar-refractivity contribution in [3.63, 3.8) is 0 Å². The third-order valence-corrected chi connectivity index (χ3v) is 6.90. The second-order valence-electron chi connectivity index (χ2n) is 9.57. The molecule has 4 heterocycles. The van der Waals surface area contributed by atoms with Crippen molar-refractivity contribution >= 4 is 34.8 Å². The summed E-state index contributed by atoms with van der Waals surface area (Å²) in [6.45, 7) is 6.17. The summed E-state index contributed by atoms with van der Waals surface area (Å²) in [5.41, 5.74) is 2.61.